The minimum absolute atomic E-state index is 0.238. The third kappa shape index (κ3) is 4.13. The zero-order valence-corrected chi connectivity index (χ0v) is 9.34. The van der Waals surface area contributed by atoms with E-state index in [-0.39, 0.29) is 12.5 Å². The van der Waals surface area contributed by atoms with Gasteiger partial charge in [0.2, 0.25) is 0 Å². The molecule has 1 rings (SSSR count). The van der Waals surface area contributed by atoms with Crippen molar-refractivity contribution in [3.05, 3.63) is 29.8 Å². The molecule has 0 heterocycles. The third-order valence-corrected chi connectivity index (χ3v) is 2.18. The van der Waals surface area contributed by atoms with Gasteiger partial charge in [0.05, 0.1) is 13.0 Å². The average molecular weight is 232 g/mol. The van der Waals surface area contributed by atoms with Gasteiger partial charge in [-0.2, -0.15) is 13.2 Å². The van der Waals surface area contributed by atoms with E-state index in [2.05, 4.69) is 0 Å². The molecule has 0 spiro atoms. The highest BCUT2D eigenvalue weighted by atomic mass is 19.4. The van der Waals surface area contributed by atoms with E-state index in [1.165, 1.54) is 0 Å². The number of ether oxygens (including phenoxy) is 1. The smallest absolute Gasteiger partial charge is 0.392 e. The molecule has 90 valence electrons. The maximum absolute atomic E-state index is 11.9. The Bertz CT molecular complexity index is 331. The molecule has 0 fully saturated rings. The van der Waals surface area contributed by atoms with Gasteiger partial charge in [0.25, 0.3) is 0 Å². The maximum atomic E-state index is 11.9. The van der Waals surface area contributed by atoms with Crippen LogP contribution in [0.3, 0.4) is 0 Å². The van der Waals surface area contributed by atoms with Crippen LogP contribution in [-0.2, 0) is 0 Å². The predicted octanol–water partition coefficient (Wildman–Crippen LogP) is 4.14. The lowest BCUT2D eigenvalue weighted by atomic mass is 10.0. The second kappa shape index (κ2) is 5.23. The summed E-state index contributed by atoms with van der Waals surface area (Å²) in [6.45, 7) is 3.63. The summed E-state index contributed by atoms with van der Waals surface area (Å²) in [6, 6.07) is 7.18. The number of halogens is 3. The van der Waals surface area contributed by atoms with Crippen molar-refractivity contribution in [3.8, 4) is 5.75 Å². The summed E-state index contributed by atoms with van der Waals surface area (Å²) in [4.78, 5) is 0. The number of hydrogen-bond acceptors (Lipinski definition) is 1. The van der Waals surface area contributed by atoms with Gasteiger partial charge in [0, 0.05) is 0 Å². The molecule has 0 aliphatic rings. The lowest BCUT2D eigenvalue weighted by molar-refractivity contribution is -0.139. The number of para-hydroxylation sites is 1. The predicted molar refractivity (Wildman–Crippen MR) is 56.7 cm³/mol. The quantitative estimate of drug-likeness (QED) is 0.758. The highest BCUT2D eigenvalue weighted by molar-refractivity contribution is 5.35. The molecule has 0 saturated carbocycles. The van der Waals surface area contributed by atoms with E-state index in [0.717, 1.165) is 5.56 Å². The maximum Gasteiger partial charge on any atom is 0.392 e. The summed E-state index contributed by atoms with van der Waals surface area (Å²) in [5.74, 6) is 0.781. The van der Waals surface area contributed by atoms with Gasteiger partial charge in [-0.05, 0) is 17.5 Å². The molecule has 1 aromatic carbocycles. The van der Waals surface area contributed by atoms with Crippen molar-refractivity contribution < 1.29 is 17.9 Å². The van der Waals surface area contributed by atoms with Crippen LogP contribution in [0, 0.1) is 0 Å². The third-order valence-electron chi connectivity index (χ3n) is 2.18. The van der Waals surface area contributed by atoms with Crippen molar-refractivity contribution in [2.24, 2.45) is 0 Å². The van der Waals surface area contributed by atoms with Crippen LogP contribution in [-0.4, -0.2) is 12.8 Å². The van der Waals surface area contributed by atoms with Crippen molar-refractivity contribution in [2.45, 2.75) is 32.4 Å². The van der Waals surface area contributed by atoms with Crippen LogP contribution in [0.2, 0.25) is 0 Å². The summed E-state index contributed by atoms with van der Waals surface area (Å²) < 4.78 is 41.0. The van der Waals surface area contributed by atoms with E-state index in [0.29, 0.717) is 5.75 Å². The minimum atomic E-state index is -4.16. The average Bonchev–Trinajstić information content (AvgIpc) is 2.16. The van der Waals surface area contributed by atoms with Crippen molar-refractivity contribution in [1.29, 1.82) is 0 Å². The Morgan fingerprint density at radius 1 is 1.19 bits per heavy atom. The van der Waals surface area contributed by atoms with Crippen LogP contribution in [0.1, 0.15) is 31.7 Å². The van der Waals surface area contributed by atoms with E-state index in [4.69, 9.17) is 4.74 Å². The molecule has 1 aromatic rings. The first-order valence-electron chi connectivity index (χ1n) is 5.18. The fourth-order valence-electron chi connectivity index (χ4n) is 1.37. The van der Waals surface area contributed by atoms with Crippen molar-refractivity contribution in [1.82, 2.24) is 0 Å². The first-order valence-corrected chi connectivity index (χ1v) is 5.18. The standard InChI is InChI=1S/C12H15F3O/c1-9(2)10-5-3-4-6-11(10)16-8-7-12(13,14)15/h3-6,9H,7-8H2,1-2H3. The van der Waals surface area contributed by atoms with E-state index in [1.54, 1.807) is 12.1 Å². The highest BCUT2D eigenvalue weighted by Gasteiger charge is 2.27. The molecule has 0 atom stereocenters. The largest absolute Gasteiger partial charge is 0.493 e. The van der Waals surface area contributed by atoms with Gasteiger partial charge >= 0.3 is 6.18 Å². The zero-order valence-electron chi connectivity index (χ0n) is 9.34. The Kier molecular flexibility index (Phi) is 4.21. The number of alkyl halides is 3. The molecule has 0 radical (unpaired) electrons. The molecule has 0 aromatic heterocycles. The molecule has 0 unspecified atom stereocenters. The summed E-state index contributed by atoms with van der Waals surface area (Å²) in [5, 5.41) is 0. The van der Waals surface area contributed by atoms with Crippen molar-refractivity contribution in [3.63, 3.8) is 0 Å². The summed E-state index contributed by atoms with van der Waals surface area (Å²) in [5.41, 5.74) is 0.935. The fourth-order valence-corrected chi connectivity index (χ4v) is 1.37. The molecule has 0 aliphatic carbocycles. The summed E-state index contributed by atoms with van der Waals surface area (Å²) >= 11 is 0. The van der Waals surface area contributed by atoms with E-state index in [9.17, 15) is 13.2 Å². The van der Waals surface area contributed by atoms with E-state index in [1.807, 2.05) is 26.0 Å². The first kappa shape index (κ1) is 12.9. The second-order valence-corrected chi connectivity index (χ2v) is 3.91. The molecule has 0 aliphatic heterocycles. The molecule has 0 saturated heterocycles. The van der Waals surface area contributed by atoms with Gasteiger partial charge in [0.1, 0.15) is 5.75 Å². The molecule has 16 heavy (non-hydrogen) atoms. The monoisotopic (exact) mass is 232 g/mol. The molecule has 0 bridgehead atoms. The molecule has 0 N–H and O–H groups in total. The Morgan fingerprint density at radius 3 is 2.38 bits per heavy atom. The number of rotatable bonds is 4. The molecule has 4 heteroatoms. The van der Waals surface area contributed by atoms with Crippen LogP contribution in [0.15, 0.2) is 24.3 Å². The van der Waals surface area contributed by atoms with Crippen LogP contribution in [0.5, 0.6) is 5.75 Å². The normalized spacial score (nSPS) is 11.9. The topological polar surface area (TPSA) is 9.23 Å². The van der Waals surface area contributed by atoms with Crippen LogP contribution in [0.25, 0.3) is 0 Å². The minimum Gasteiger partial charge on any atom is -0.493 e. The summed E-state index contributed by atoms with van der Waals surface area (Å²) in [7, 11) is 0. The molecular weight excluding hydrogens is 217 g/mol. The molecule has 1 nitrogen and oxygen atoms in total. The fraction of sp³-hybridized carbons (Fsp3) is 0.500. The lowest BCUT2D eigenvalue weighted by Crippen LogP contribution is -2.13. The van der Waals surface area contributed by atoms with Crippen LogP contribution >= 0.6 is 0 Å². The first-order chi connectivity index (χ1) is 7.40. The van der Waals surface area contributed by atoms with E-state index >= 15 is 0 Å². The van der Waals surface area contributed by atoms with Gasteiger partial charge in [-0.3, -0.25) is 0 Å². The summed E-state index contributed by atoms with van der Waals surface area (Å²) in [6.07, 6.45) is -5.08. The van der Waals surface area contributed by atoms with Crippen molar-refractivity contribution >= 4 is 0 Å². The Labute approximate surface area is 93.2 Å². The zero-order chi connectivity index (χ0) is 12.2. The lowest BCUT2D eigenvalue weighted by Gasteiger charge is -2.14. The highest BCUT2D eigenvalue weighted by Crippen LogP contribution is 2.27. The van der Waals surface area contributed by atoms with Gasteiger partial charge < -0.3 is 4.74 Å². The van der Waals surface area contributed by atoms with Gasteiger partial charge in [0.15, 0.2) is 0 Å². The van der Waals surface area contributed by atoms with Gasteiger partial charge in [-0.1, -0.05) is 32.0 Å². The van der Waals surface area contributed by atoms with Crippen LogP contribution in [0.4, 0.5) is 13.2 Å². The van der Waals surface area contributed by atoms with E-state index < -0.39 is 12.6 Å². The number of hydrogen-bond donors (Lipinski definition) is 0. The van der Waals surface area contributed by atoms with Gasteiger partial charge in [-0.15, -0.1) is 0 Å². The van der Waals surface area contributed by atoms with Crippen molar-refractivity contribution in [2.75, 3.05) is 6.61 Å². The number of benzene rings is 1. The Balaban J connectivity index is 2.60. The van der Waals surface area contributed by atoms with Gasteiger partial charge in [-0.25, -0.2) is 0 Å². The second-order valence-electron chi connectivity index (χ2n) is 3.91. The molecule has 0 amide bonds. The Morgan fingerprint density at radius 2 is 1.81 bits per heavy atom. The molecular formula is C12H15F3O. The SMILES string of the molecule is CC(C)c1ccccc1OCCC(F)(F)F. The van der Waals surface area contributed by atoms with Crippen LogP contribution < -0.4 is 4.74 Å². The Hall–Kier alpha value is -1.19.